The molecule has 0 atom stereocenters. The molecular formula is C20H21+. The van der Waals surface area contributed by atoms with Crippen molar-refractivity contribution in [1.82, 2.24) is 0 Å². The molecule has 0 radical (unpaired) electrons. The van der Waals surface area contributed by atoms with Gasteiger partial charge in [0, 0.05) is 5.41 Å². The zero-order valence-electron chi connectivity index (χ0n) is 12.4. The van der Waals surface area contributed by atoms with Gasteiger partial charge in [-0.15, -0.1) is 5.73 Å². The maximum Gasteiger partial charge on any atom is 0.150 e. The molecule has 0 heterocycles. The average Bonchev–Trinajstić information content (AvgIpc) is 2.99. The van der Waals surface area contributed by atoms with Crippen molar-refractivity contribution in [2.24, 2.45) is 16.7 Å². The largest absolute Gasteiger partial charge is 0.150 e. The van der Waals surface area contributed by atoms with Gasteiger partial charge in [-0.1, -0.05) is 45.1 Å². The summed E-state index contributed by atoms with van der Waals surface area (Å²) in [4.78, 5) is 0. The molecule has 0 unspecified atom stereocenters. The molecule has 0 spiro atoms. The van der Waals surface area contributed by atoms with Crippen molar-refractivity contribution in [1.29, 1.82) is 0 Å². The maximum atomic E-state index is 3.17. The van der Waals surface area contributed by atoms with E-state index in [1.165, 1.54) is 11.1 Å². The van der Waals surface area contributed by atoms with Gasteiger partial charge in [-0.05, 0) is 47.6 Å². The topological polar surface area (TPSA) is 0 Å². The van der Waals surface area contributed by atoms with Gasteiger partial charge >= 0.3 is 0 Å². The number of hydrogen-bond acceptors (Lipinski definition) is 0. The molecule has 0 heteroatoms. The van der Waals surface area contributed by atoms with Gasteiger partial charge in [-0.3, -0.25) is 0 Å². The Morgan fingerprint density at radius 3 is 2.05 bits per heavy atom. The Hall–Kier alpha value is -1.91. The standard InChI is InChI=1S/C20H21/c1-19(2,3)20(15-16-7-4-5-8-16)13-11-17-9-6-10-18(17)12-14-20/h4-5,7-16H,1-3H3/q+1. The molecule has 3 aliphatic carbocycles. The van der Waals surface area contributed by atoms with Gasteiger partial charge in [-0.25, -0.2) is 0 Å². The van der Waals surface area contributed by atoms with E-state index in [9.17, 15) is 0 Å². The third-order valence-corrected chi connectivity index (χ3v) is 4.43. The molecule has 0 aliphatic heterocycles. The first-order valence-corrected chi connectivity index (χ1v) is 7.26. The third kappa shape index (κ3) is 2.17. The lowest BCUT2D eigenvalue weighted by Crippen LogP contribution is -2.34. The fraction of sp³-hybridized carbons (Fsp3) is 0.300. The first kappa shape index (κ1) is 13.1. The minimum atomic E-state index is -0.0390. The van der Waals surface area contributed by atoms with Gasteiger partial charge in [0.1, 0.15) is 12.3 Å². The van der Waals surface area contributed by atoms with E-state index in [0.29, 0.717) is 5.92 Å². The molecule has 0 aromatic carbocycles. The zero-order chi connectivity index (χ0) is 14.2. The lowest BCUT2D eigenvalue weighted by Gasteiger charge is -2.34. The van der Waals surface area contributed by atoms with E-state index >= 15 is 0 Å². The second-order valence-corrected chi connectivity index (χ2v) is 6.73. The maximum absolute atomic E-state index is 3.17. The van der Waals surface area contributed by atoms with Crippen molar-refractivity contribution in [3.8, 4) is 0 Å². The zero-order valence-corrected chi connectivity index (χ0v) is 12.4. The van der Waals surface area contributed by atoms with Crippen LogP contribution in [0.4, 0.5) is 0 Å². The fourth-order valence-corrected chi connectivity index (χ4v) is 2.93. The molecule has 20 heavy (non-hydrogen) atoms. The molecule has 0 nitrogen and oxygen atoms in total. The van der Waals surface area contributed by atoms with Gasteiger partial charge in [0.15, 0.2) is 5.41 Å². The van der Waals surface area contributed by atoms with Crippen molar-refractivity contribution in [3.63, 3.8) is 0 Å². The second-order valence-electron chi connectivity index (χ2n) is 6.73. The molecule has 0 saturated heterocycles. The smallest absolute Gasteiger partial charge is 0.120 e. The van der Waals surface area contributed by atoms with Crippen LogP contribution in [0.15, 0.2) is 77.6 Å². The predicted molar refractivity (Wildman–Crippen MR) is 85.9 cm³/mol. The van der Waals surface area contributed by atoms with E-state index in [0.717, 1.165) is 0 Å². The first-order valence-electron chi connectivity index (χ1n) is 7.26. The minimum Gasteiger partial charge on any atom is -0.120 e. The lowest BCUT2D eigenvalue weighted by atomic mass is 9.62. The van der Waals surface area contributed by atoms with Gasteiger partial charge < -0.3 is 0 Å². The van der Waals surface area contributed by atoms with Crippen molar-refractivity contribution in [2.45, 2.75) is 20.8 Å². The van der Waals surface area contributed by atoms with Crippen LogP contribution in [0.1, 0.15) is 20.8 Å². The molecule has 0 amide bonds. The third-order valence-electron chi connectivity index (χ3n) is 4.43. The highest BCUT2D eigenvalue weighted by Crippen LogP contribution is 2.48. The Kier molecular flexibility index (Phi) is 3.00. The van der Waals surface area contributed by atoms with Crippen molar-refractivity contribution in [2.75, 3.05) is 0 Å². The fourth-order valence-electron chi connectivity index (χ4n) is 2.93. The van der Waals surface area contributed by atoms with Crippen LogP contribution >= 0.6 is 0 Å². The molecule has 100 valence electrons. The Morgan fingerprint density at radius 2 is 1.55 bits per heavy atom. The van der Waals surface area contributed by atoms with Crippen LogP contribution in [0, 0.1) is 23.2 Å². The summed E-state index contributed by atoms with van der Waals surface area (Å²) < 4.78 is 0. The summed E-state index contributed by atoms with van der Waals surface area (Å²) in [5, 5.41) is 0. The average molecular weight is 261 g/mol. The van der Waals surface area contributed by atoms with Gasteiger partial charge in [0.2, 0.25) is 0 Å². The monoisotopic (exact) mass is 261 g/mol. The Bertz CT molecular complexity index is 577. The molecule has 0 aromatic rings. The summed E-state index contributed by atoms with van der Waals surface area (Å²) in [6.07, 6.45) is 24.5. The Morgan fingerprint density at radius 1 is 1.00 bits per heavy atom. The van der Waals surface area contributed by atoms with Gasteiger partial charge in [0.05, 0.1) is 0 Å². The van der Waals surface area contributed by atoms with Crippen LogP contribution in [0.2, 0.25) is 0 Å². The molecule has 0 saturated carbocycles. The highest BCUT2D eigenvalue weighted by atomic mass is 14.4. The Labute approximate surface area is 122 Å². The van der Waals surface area contributed by atoms with Crippen molar-refractivity contribution < 1.29 is 0 Å². The van der Waals surface area contributed by atoms with E-state index in [4.69, 9.17) is 0 Å². The Balaban J connectivity index is 1.96. The van der Waals surface area contributed by atoms with Gasteiger partial charge in [-0.2, -0.15) is 0 Å². The van der Waals surface area contributed by atoms with Crippen molar-refractivity contribution >= 4 is 0 Å². The van der Waals surface area contributed by atoms with E-state index in [1.54, 1.807) is 0 Å². The van der Waals surface area contributed by atoms with Crippen LogP contribution in [0.25, 0.3) is 0 Å². The first-order chi connectivity index (χ1) is 9.50. The summed E-state index contributed by atoms with van der Waals surface area (Å²) in [7, 11) is 0. The summed E-state index contributed by atoms with van der Waals surface area (Å²) >= 11 is 0. The minimum absolute atomic E-state index is 0.0390. The van der Waals surface area contributed by atoms with Crippen LogP contribution in [0.3, 0.4) is 0 Å². The quantitative estimate of drug-likeness (QED) is 0.478. The van der Waals surface area contributed by atoms with Crippen LogP contribution < -0.4 is 0 Å². The summed E-state index contributed by atoms with van der Waals surface area (Å²) in [6, 6.07) is 0. The van der Waals surface area contributed by atoms with E-state index in [-0.39, 0.29) is 10.8 Å². The molecule has 0 fully saturated rings. The molecule has 0 N–H and O–H groups in total. The molecular weight excluding hydrogens is 240 g/mol. The highest BCUT2D eigenvalue weighted by molar-refractivity contribution is 5.54. The van der Waals surface area contributed by atoms with E-state index in [1.807, 2.05) is 0 Å². The number of rotatable bonds is 2. The molecule has 3 aliphatic rings. The second kappa shape index (κ2) is 4.58. The highest BCUT2D eigenvalue weighted by Gasteiger charge is 2.47. The van der Waals surface area contributed by atoms with Crippen LogP contribution in [-0.4, -0.2) is 0 Å². The SMILES string of the molecule is CC(C)(C)C1([CH+]C2C=CC=C2)C=CC2=C(C=C=C2)C=C1. The normalized spacial score (nSPS) is 22.8. The number of allylic oxidation sites excluding steroid dienone is 11. The predicted octanol–water partition coefficient (Wildman–Crippen LogP) is 5.11. The van der Waals surface area contributed by atoms with E-state index in [2.05, 4.69) is 93.7 Å². The molecule has 0 aromatic heterocycles. The van der Waals surface area contributed by atoms with Crippen LogP contribution in [-0.2, 0) is 0 Å². The van der Waals surface area contributed by atoms with Crippen molar-refractivity contribution in [3.05, 3.63) is 84.1 Å². The lowest BCUT2D eigenvalue weighted by molar-refractivity contribution is 0.234. The summed E-state index contributed by atoms with van der Waals surface area (Å²) in [6.45, 7) is 6.92. The number of hydrogen-bond donors (Lipinski definition) is 0. The van der Waals surface area contributed by atoms with Gasteiger partial charge in [0.25, 0.3) is 0 Å². The molecule has 3 rings (SSSR count). The summed E-state index contributed by atoms with van der Waals surface area (Å²) in [5.41, 5.74) is 5.79. The summed E-state index contributed by atoms with van der Waals surface area (Å²) in [5.74, 6) is 0.419. The van der Waals surface area contributed by atoms with Crippen LogP contribution in [0.5, 0.6) is 0 Å². The van der Waals surface area contributed by atoms with E-state index < -0.39 is 0 Å². The molecule has 0 bridgehead atoms.